The molecule has 16 atom stereocenters. The van der Waals surface area contributed by atoms with Crippen molar-refractivity contribution < 1.29 is 102 Å². The second-order valence-electron chi connectivity index (χ2n) is 27.2. The maximum absolute atomic E-state index is 14.9. The molecule has 6 rings (SSSR count). The molecular weight excluding hydrogens is 1550 g/mol. The Labute approximate surface area is 657 Å². The second kappa shape index (κ2) is 44.4. The summed E-state index contributed by atoms with van der Waals surface area (Å²) in [4.78, 5) is 270. The zero-order valence-corrected chi connectivity index (χ0v) is 65.2. The van der Waals surface area contributed by atoms with E-state index in [0.717, 1.165) is 53.0 Å². The van der Waals surface area contributed by atoms with E-state index in [1.54, 1.807) is 13.8 Å². The Kier molecular flexibility index (Phi) is 36.1. The van der Waals surface area contributed by atoms with E-state index in [4.69, 9.17) is 17.2 Å². The van der Waals surface area contributed by atoms with Gasteiger partial charge in [0.1, 0.15) is 90.6 Å². The average molecular weight is 1650 g/mol. The minimum Gasteiger partial charge on any atom is -0.481 e. The van der Waals surface area contributed by atoms with Crippen molar-refractivity contribution in [1.82, 2.24) is 98.9 Å². The highest BCUT2D eigenvalue weighted by atomic mass is 33.1. The number of aromatic nitrogens is 4. The number of aliphatic carboxylic acids is 1. The topological polar surface area (TPSA) is 666 Å². The van der Waals surface area contributed by atoms with Gasteiger partial charge in [-0.25, -0.2) is 9.97 Å². The maximum atomic E-state index is 14.9. The van der Waals surface area contributed by atoms with Crippen LogP contribution in [0.3, 0.4) is 0 Å². The van der Waals surface area contributed by atoms with Crippen molar-refractivity contribution in [2.75, 3.05) is 55.9 Å². The smallest absolute Gasteiger partial charge is 0.303 e. The first-order valence-corrected chi connectivity index (χ1v) is 40.9. The number of carboxylic acids is 1. The van der Waals surface area contributed by atoms with E-state index in [-0.39, 0.29) is 63.7 Å². The number of aromatic amines is 2. The number of aliphatic hydroxyl groups excluding tert-OH is 2. The molecular formula is C65H98N22O21S4. The molecule has 4 fully saturated rings. The Hall–Kier alpha value is -9.84. The van der Waals surface area contributed by atoms with Crippen molar-refractivity contribution in [3.63, 3.8) is 0 Å². The number of hydrogen-bond donors (Lipinski definition) is 21. The van der Waals surface area contributed by atoms with E-state index in [9.17, 15) is 102 Å². The van der Waals surface area contributed by atoms with Crippen LogP contribution in [0.5, 0.6) is 0 Å². The Bertz CT molecular complexity index is 3720. The number of carboxylic acid groups (broad SMARTS) is 1. The van der Waals surface area contributed by atoms with Crippen LogP contribution in [0.1, 0.15) is 97.4 Å². The molecule has 17 amide bonds. The van der Waals surface area contributed by atoms with Crippen LogP contribution in [0.4, 0.5) is 0 Å². The van der Waals surface area contributed by atoms with E-state index >= 15 is 0 Å². The summed E-state index contributed by atoms with van der Waals surface area (Å²) in [5.74, 6) is -22.9. The number of amides is 17. The summed E-state index contributed by atoms with van der Waals surface area (Å²) >= 11 is 0. The molecule has 4 saturated heterocycles. The van der Waals surface area contributed by atoms with E-state index in [2.05, 4.69) is 89.1 Å². The molecule has 112 heavy (non-hydrogen) atoms. The first-order chi connectivity index (χ1) is 53.2. The Balaban J connectivity index is 1.45. The fourth-order valence-electron chi connectivity index (χ4n) is 12.0. The summed E-state index contributed by atoms with van der Waals surface area (Å²) in [6, 6.07) is -24.7. The van der Waals surface area contributed by atoms with Crippen molar-refractivity contribution in [1.29, 1.82) is 0 Å². The van der Waals surface area contributed by atoms with Crippen LogP contribution in [0.2, 0.25) is 0 Å². The predicted molar refractivity (Wildman–Crippen MR) is 402 cm³/mol. The number of nitrogens with two attached hydrogens (primary N) is 3. The zero-order valence-electron chi connectivity index (χ0n) is 61.9. The molecule has 4 aliphatic rings. The first-order valence-electron chi connectivity index (χ1n) is 35.9. The zero-order chi connectivity index (χ0) is 82.6. The molecule has 24 N–H and O–H groups in total. The molecule has 618 valence electrons. The summed E-state index contributed by atoms with van der Waals surface area (Å²) in [5, 5.41) is 63.3. The largest absolute Gasteiger partial charge is 0.481 e. The van der Waals surface area contributed by atoms with Gasteiger partial charge in [-0.2, -0.15) is 0 Å². The molecule has 0 spiro atoms. The number of carbonyl (C=O) groups is 18. The van der Waals surface area contributed by atoms with E-state index in [0.29, 0.717) is 5.69 Å². The van der Waals surface area contributed by atoms with Crippen LogP contribution >= 0.6 is 43.2 Å². The molecule has 47 heteroatoms. The standard InChI is InChI=1S/C65H98N22O21S4/c1-6-30(4)50-63(106)81-40(51(68)94)23-109-111-26-43-59(102)79-38(21-88)55(98)78-37(16-33-20-70-28-72-33)65(108)86-13-7-9-44(86)60(103)73-31(5)52(95)82-42(25-112-110-24-41(57(100)83-43)74-47(91)18-66)58(101)80-39(22-89)56(99)84-49(29(2)3)62(105)76-35(17-46(67)90)54(97)77-36(15-32-19-69-27-71-32)64(107)87-14-8-10-45(87)61(104)75-34(53(96)85-50)11-12-48(92)93/h19-20,27-31,34-45,49-50,88-89H,6-18,21-26,66H2,1-5H3,(H2,67,90)(H2,68,94)(H,69,71)(H,70,72)(H,73,103)(H,74,91)(H,75,104)(H,76,105)(H,77,97)(H,78,98)(H,79,102)(H,80,101)(H,81,106)(H,82,95)(H,83,100)(H,84,99)(H,85,96)(H,92,93)/t30-,31-,34-,35-,36-,37-,38-,39-,40-,41-,42-,43-,44-,45-,49-,50-/m0/s1. The Morgan fingerprint density at radius 2 is 0.982 bits per heavy atom. The maximum Gasteiger partial charge on any atom is 0.303 e. The number of fused-ring (bicyclic) bond motifs is 10. The van der Waals surface area contributed by atoms with E-state index in [1.807, 2.05) is 0 Å². The molecule has 0 aromatic carbocycles. The number of H-pyrrole nitrogens is 2. The van der Waals surface area contributed by atoms with Gasteiger partial charge in [0.15, 0.2) is 0 Å². The minimum atomic E-state index is -1.95. The lowest BCUT2D eigenvalue weighted by Crippen LogP contribution is -2.62. The van der Waals surface area contributed by atoms with Crippen LogP contribution in [-0.2, 0) is 99.1 Å². The number of nitrogens with one attached hydrogen (secondary N) is 15. The van der Waals surface area contributed by atoms with Gasteiger partial charge in [-0.15, -0.1) is 0 Å². The van der Waals surface area contributed by atoms with Gasteiger partial charge in [-0.3, -0.25) is 86.3 Å². The van der Waals surface area contributed by atoms with Gasteiger partial charge < -0.3 is 121 Å². The quantitative estimate of drug-likeness (QED) is 0.0654. The molecule has 0 radical (unpaired) electrons. The third-order valence-electron chi connectivity index (χ3n) is 18.5. The molecule has 2 aromatic rings. The van der Waals surface area contributed by atoms with Crippen molar-refractivity contribution in [2.24, 2.45) is 29.0 Å². The van der Waals surface area contributed by atoms with Gasteiger partial charge in [0.2, 0.25) is 100 Å². The lowest BCUT2D eigenvalue weighted by atomic mass is 9.97. The highest BCUT2D eigenvalue weighted by Crippen LogP contribution is 2.27. The molecule has 4 aliphatic heterocycles. The van der Waals surface area contributed by atoms with Crippen LogP contribution in [0.25, 0.3) is 0 Å². The summed E-state index contributed by atoms with van der Waals surface area (Å²) in [6.45, 7) is 4.18. The number of primary amides is 2. The fraction of sp³-hybridized carbons (Fsp3) is 0.631. The van der Waals surface area contributed by atoms with Crippen molar-refractivity contribution in [3.8, 4) is 0 Å². The Morgan fingerprint density at radius 3 is 1.46 bits per heavy atom. The lowest BCUT2D eigenvalue weighted by molar-refractivity contribution is -0.143. The Morgan fingerprint density at radius 1 is 0.536 bits per heavy atom. The molecule has 0 aliphatic carbocycles. The third kappa shape index (κ3) is 27.0. The normalized spacial score (nSPS) is 28.2. The van der Waals surface area contributed by atoms with Gasteiger partial charge in [0, 0.05) is 79.1 Å². The molecule has 0 unspecified atom stereocenters. The van der Waals surface area contributed by atoms with Gasteiger partial charge in [-0.05, 0) is 50.9 Å². The third-order valence-corrected chi connectivity index (χ3v) is 23.3. The fourth-order valence-corrected chi connectivity index (χ4v) is 16.7. The van der Waals surface area contributed by atoms with Crippen LogP contribution in [0.15, 0.2) is 25.0 Å². The second-order valence-corrected chi connectivity index (χ2v) is 32.3. The van der Waals surface area contributed by atoms with Crippen molar-refractivity contribution >= 4 is 150 Å². The molecule has 6 heterocycles. The van der Waals surface area contributed by atoms with Crippen LogP contribution in [0, 0.1) is 11.8 Å². The number of aliphatic hydroxyl groups is 2. The number of carbonyl (C=O) groups excluding carboxylic acids is 17. The van der Waals surface area contributed by atoms with Crippen molar-refractivity contribution in [2.45, 2.75) is 189 Å². The molecule has 0 saturated carbocycles. The number of nitrogens with zero attached hydrogens (tertiary/aromatic N) is 4. The number of imidazole rings is 2. The van der Waals surface area contributed by atoms with Crippen molar-refractivity contribution in [3.05, 3.63) is 36.4 Å². The first kappa shape index (κ1) is 91.0. The molecule has 2 bridgehead atoms. The summed E-state index contributed by atoms with van der Waals surface area (Å²) in [7, 11) is 3.18. The van der Waals surface area contributed by atoms with Gasteiger partial charge in [0.05, 0.1) is 38.8 Å². The van der Waals surface area contributed by atoms with Crippen LogP contribution in [-0.4, -0.2) is 298 Å². The molecule has 43 nitrogen and oxygen atoms in total. The summed E-state index contributed by atoms with van der Waals surface area (Å²) in [6.07, 6.45) is 2.91. The monoisotopic (exact) mass is 1650 g/mol. The lowest BCUT2D eigenvalue weighted by Gasteiger charge is -2.31. The van der Waals surface area contributed by atoms with Crippen LogP contribution < -0.4 is 86.3 Å². The predicted octanol–water partition coefficient (Wildman–Crippen LogP) is -9.12. The SMILES string of the molecule is CC[C@H](C)[C@@H]1NC(=O)[C@H](CCC(=O)O)NC(=O)[C@@H]2CCCN2C(=O)[C@H](Cc2cnc[nH]2)NC(=O)[C@H](CC(N)=O)NC(=O)[C@H](C(C)C)NC(=O)[C@H](CO)NC(=O)[C@@H]2CSSC[C@H](NC(=O)CN)C(=O)N[C@@H](CSSC[C@@H](C(N)=O)NC1=O)C(=O)N[C@@H](CO)C(=O)N[C@@H](Cc1cnc[nH]1)C(=O)N1CCC[C@H]1C(=O)N[C@@H](C)C(=O)N2. The minimum absolute atomic E-state index is 0.0433. The number of rotatable bonds is 17. The highest BCUT2D eigenvalue weighted by molar-refractivity contribution is 8.77. The van der Waals surface area contributed by atoms with Gasteiger partial charge in [0.25, 0.3) is 0 Å². The van der Waals surface area contributed by atoms with Gasteiger partial charge >= 0.3 is 5.97 Å². The summed E-state index contributed by atoms with van der Waals surface area (Å²) in [5.41, 5.74) is 17.7. The van der Waals surface area contributed by atoms with E-state index < -0.39 is 271 Å². The van der Waals surface area contributed by atoms with E-state index in [1.165, 1.54) is 45.8 Å². The highest BCUT2D eigenvalue weighted by Gasteiger charge is 2.44. The molecule has 2 aromatic heterocycles. The number of hydrogen-bond acceptors (Lipinski definition) is 27. The van der Waals surface area contributed by atoms with Gasteiger partial charge in [-0.1, -0.05) is 77.3 Å². The average Bonchev–Trinajstić information content (AvgIpc) is 1.65. The summed E-state index contributed by atoms with van der Waals surface area (Å²) < 4.78 is 0.